The number of rotatable bonds is 4. The average molecular weight is 336 g/mol. The third-order valence-electron chi connectivity index (χ3n) is 2.74. The summed E-state index contributed by atoms with van der Waals surface area (Å²) in [5, 5.41) is 17.7. The van der Waals surface area contributed by atoms with Crippen LogP contribution in [0.25, 0.3) is 0 Å². The maximum atomic E-state index is 13.7. The fourth-order valence-corrected chi connectivity index (χ4v) is 2.19. The average Bonchev–Trinajstić information content (AvgIpc) is 2.46. The third-order valence-corrected chi connectivity index (χ3v) is 3.36. The maximum Gasteiger partial charge on any atom is 0.134 e. The summed E-state index contributed by atoms with van der Waals surface area (Å²) in [6.07, 6.45) is 0. The molecule has 0 aromatic heterocycles. The number of aliphatic hydroxyl groups is 1. The van der Waals surface area contributed by atoms with Crippen LogP contribution in [0.3, 0.4) is 0 Å². The summed E-state index contributed by atoms with van der Waals surface area (Å²) in [6, 6.07) is 11.3. The molecule has 0 fully saturated rings. The van der Waals surface area contributed by atoms with Crippen LogP contribution in [0.2, 0.25) is 0 Å². The van der Waals surface area contributed by atoms with E-state index in [9.17, 15) is 4.39 Å². The Balaban J connectivity index is 2.11. The minimum Gasteiger partial charge on any atom is -0.488 e. The number of ether oxygens (including phenoxy) is 1. The van der Waals surface area contributed by atoms with Crippen molar-refractivity contribution in [3.63, 3.8) is 0 Å². The number of nitrogens with zero attached hydrogens (tertiary/aromatic N) is 1. The van der Waals surface area contributed by atoms with E-state index < -0.39 is 5.82 Å². The van der Waals surface area contributed by atoms with E-state index in [1.165, 1.54) is 12.1 Å². The normalized spacial score (nSPS) is 10.1. The quantitative estimate of drug-likeness (QED) is 0.929. The lowest BCUT2D eigenvalue weighted by molar-refractivity contribution is 0.280. The molecular formula is C15H11BrFNO2. The summed E-state index contributed by atoms with van der Waals surface area (Å²) in [6.45, 7) is 0.0117. The Morgan fingerprint density at radius 3 is 2.65 bits per heavy atom. The Bertz CT molecular complexity index is 667. The van der Waals surface area contributed by atoms with Crippen LogP contribution in [0, 0.1) is 17.1 Å². The first-order valence-electron chi connectivity index (χ1n) is 5.84. The summed E-state index contributed by atoms with van der Waals surface area (Å²) in [5.74, 6) is 0.0955. The molecule has 0 saturated heterocycles. The van der Waals surface area contributed by atoms with Crippen molar-refractivity contribution in [2.75, 3.05) is 0 Å². The van der Waals surface area contributed by atoms with E-state index in [4.69, 9.17) is 15.1 Å². The van der Waals surface area contributed by atoms with E-state index >= 15 is 0 Å². The molecule has 2 rings (SSSR count). The van der Waals surface area contributed by atoms with Crippen molar-refractivity contribution in [2.24, 2.45) is 0 Å². The zero-order valence-electron chi connectivity index (χ0n) is 10.4. The van der Waals surface area contributed by atoms with Crippen LogP contribution < -0.4 is 4.74 Å². The zero-order valence-corrected chi connectivity index (χ0v) is 12.0. The minimum absolute atomic E-state index is 0.0525. The van der Waals surface area contributed by atoms with Gasteiger partial charge in [-0.1, -0.05) is 12.1 Å². The Labute approximate surface area is 124 Å². The number of hydrogen-bond donors (Lipinski definition) is 1. The molecule has 3 nitrogen and oxygen atoms in total. The molecule has 0 radical (unpaired) electrons. The molecule has 102 valence electrons. The molecule has 0 spiro atoms. The van der Waals surface area contributed by atoms with Crippen molar-refractivity contribution < 1.29 is 14.2 Å². The second-order valence-corrected chi connectivity index (χ2v) is 4.98. The lowest BCUT2D eigenvalue weighted by Crippen LogP contribution is -2.00. The first-order valence-corrected chi connectivity index (χ1v) is 6.64. The molecule has 2 aromatic carbocycles. The van der Waals surface area contributed by atoms with Gasteiger partial charge in [0, 0.05) is 5.56 Å². The van der Waals surface area contributed by atoms with Crippen molar-refractivity contribution in [3.8, 4) is 11.8 Å². The predicted molar refractivity (Wildman–Crippen MR) is 75.5 cm³/mol. The summed E-state index contributed by atoms with van der Waals surface area (Å²) in [4.78, 5) is 0. The number of hydrogen-bond acceptors (Lipinski definition) is 3. The molecule has 2 aromatic rings. The minimum atomic E-state index is -0.466. The van der Waals surface area contributed by atoms with Crippen molar-refractivity contribution in [1.82, 2.24) is 0 Å². The maximum absolute atomic E-state index is 13.7. The Morgan fingerprint density at radius 2 is 2.05 bits per heavy atom. The molecule has 1 N–H and O–H groups in total. The van der Waals surface area contributed by atoms with Gasteiger partial charge in [-0.2, -0.15) is 5.26 Å². The predicted octanol–water partition coefficient (Wildman–Crippen LogP) is 3.53. The zero-order chi connectivity index (χ0) is 14.5. The van der Waals surface area contributed by atoms with Gasteiger partial charge < -0.3 is 9.84 Å². The van der Waals surface area contributed by atoms with Gasteiger partial charge in [-0.3, -0.25) is 0 Å². The molecule has 0 unspecified atom stereocenters. The summed E-state index contributed by atoms with van der Waals surface area (Å²) >= 11 is 3.33. The van der Waals surface area contributed by atoms with Gasteiger partial charge >= 0.3 is 0 Å². The van der Waals surface area contributed by atoms with Crippen LogP contribution in [0.5, 0.6) is 5.75 Å². The topological polar surface area (TPSA) is 53.2 Å². The van der Waals surface area contributed by atoms with E-state index in [1.807, 2.05) is 6.07 Å². The van der Waals surface area contributed by atoms with Crippen LogP contribution in [0.4, 0.5) is 4.39 Å². The molecule has 0 atom stereocenters. The fraction of sp³-hybridized carbons (Fsp3) is 0.133. The number of halogens is 2. The Morgan fingerprint density at radius 1 is 1.25 bits per heavy atom. The van der Waals surface area contributed by atoms with E-state index in [1.54, 1.807) is 24.3 Å². The second-order valence-electron chi connectivity index (χ2n) is 4.13. The summed E-state index contributed by atoms with van der Waals surface area (Å²) in [7, 11) is 0. The van der Waals surface area contributed by atoms with Crippen LogP contribution in [0.15, 0.2) is 40.9 Å². The van der Waals surface area contributed by atoms with Crippen LogP contribution in [0.1, 0.15) is 16.7 Å². The smallest absolute Gasteiger partial charge is 0.134 e. The van der Waals surface area contributed by atoms with E-state index in [-0.39, 0.29) is 18.8 Å². The van der Waals surface area contributed by atoms with Gasteiger partial charge in [0.2, 0.25) is 0 Å². The van der Waals surface area contributed by atoms with E-state index in [2.05, 4.69) is 15.9 Å². The van der Waals surface area contributed by atoms with Gasteiger partial charge in [0.05, 0.1) is 22.7 Å². The monoisotopic (exact) mass is 335 g/mol. The van der Waals surface area contributed by atoms with Crippen LogP contribution in [-0.2, 0) is 13.2 Å². The first kappa shape index (κ1) is 14.5. The van der Waals surface area contributed by atoms with Crippen molar-refractivity contribution >= 4 is 15.9 Å². The number of aliphatic hydroxyl groups excluding tert-OH is 1. The fourth-order valence-electron chi connectivity index (χ4n) is 1.65. The van der Waals surface area contributed by atoms with Crippen molar-refractivity contribution in [3.05, 3.63) is 63.4 Å². The molecule has 0 amide bonds. The highest BCUT2D eigenvalue weighted by atomic mass is 79.9. The molecule has 0 saturated carbocycles. The first-order chi connectivity index (χ1) is 9.63. The highest BCUT2D eigenvalue weighted by molar-refractivity contribution is 9.10. The molecule has 20 heavy (non-hydrogen) atoms. The van der Waals surface area contributed by atoms with E-state index in [0.717, 1.165) is 5.56 Å². The molecular weight excluding hydrogens is 325 g/mol. The molecule has 0 aliphatic rings. The largest absolute Gasteiger partial charge is 0.488 e. The lowest BCUT2D eigenvalue weighted by Gasteiger charge is -2.10. The van der Waals surface area contributed by atoms with Crippen LogP contribution >= 0.6 is 15.9 Å². The van der Waals surface area contributed by atoms with Crippen LogP contribution in [-0.4, -0.2) is 5.11 Å². The number of benzene rings is 2. The second kappa shape index (κ2) is 6.51. The SMILES string of the molecule is N#Cc1ccc(COc2ccc(CO)cc2Br)c(F)c1. The third kappa shape index (κ3) is 3.35. The Hall–Kier alpha value is -1.90. The summed E-state index contributed by atoms with van der Waals surface area (Å²) < 4.78 is 19.9. The van der Waals surface area contributed by atoms with Gasteiger partial charge in [0.1, 0.15) is 18.2 Å². The Kier molecular flexibility index (Phi) is 4.72. The molecule has 0 heterocycles. The molecule has 0 aliphatic carbocycles. The van der Waals surface area contributed by atoms with Gasteiger partial charge in [-0.05, 0) is 45.8 Å². The molecule has 5 heteroatoms. The van der Waals surface area contributed by atoms with Gasteiger partial charge in [-0.25, -0.2) is 4.39 Å². The van der Waals surface area contributed by atoms with E-state index in [0.29, 0.717) is 15.8 Å². The van der Waals surface area contributed by atoms with Crippen molar-refractivity contribution in [1.29, 1.82) is 5.26 Å². The number of nitriles is 1. The molecule has 0 aliphatic heterocycles. The molecule has 0 bridgehead atoms. The highest BCUT2D eigenvalue weighted by Gasteiger charge is 2.07. The van der Waals surface area contributed by atoms with Gasteiger partial charge in [0.15, 0.2) is 0 Å². The standard InChI is InChI=1S/C15H11BrFNO2/c16-13-5-11(8-19)2-4-15(13)20-9-12-3-1-10(7-18)6-14(12)17/h1-6,19H,8-9H2. The lowest BCUT2D eigenvalue weighted by atomic mass is 10.1. The summed E-state index contributed by atoms with van der Waals surface area (Å²) in [5.41, 5.74) is 1.41. The highest BCUT2D eigenvalue weighted by Crippen LogP contribution is 2.27. The van der Waals surface area contributed by atoms with Crippen molar-refractivity contribution in [2.45, 2.75) is 13.2 Å². The van der Waals surface area contributed by atoms with Gasteiger partial charge in [-0.15, -0.1) is 0 Å². The van der Waals surface area contributed by atoms with Gasteiger partial charge in [0.25, 0.3) is 0 Å².